The number of anilines is 1. The van der Waals surface area contributed by atoms with Crippen molar-refractivity contribution in [3.05, 3.63) is 29.8 Å². The number of benzene rings is 1. The highest BCUT2D eigenvalue weighted by Crippen LogP contribution is 2.14. The van der Waals surface area contributed by atoms with Crippen LogP contribution >= 0.6 is 0 Å². The van der Waals surface area contributed by atoms with Gasteiger partial charge in [-0.2, -0.15) is 0 Å². The van der Waals surface area contributed by atoms with Crippen molar-refractivity contribution in [3.8, 4) is 0 Å². The van der Waals surface area contributed by atoms with Crippen LogP contribution in [-0.4, -0.2) is 29.6 Å². The topological polar surface area (TPSA) is 78.4 Å². The fraction of sp³-hybridized carbons (Fsp3) is 0.333. The lowest BCUT2D eigenvalue weighted by Crippen LogP contribution is -2.41. The first-order chi connectivity index (χ1) is 8.93. The second-order valence-electron chi connectivity index (χ2n) is 3.97. The van der Waals surface area contributed by atoms with Gasteiger partial charge in [-0.15, -0.1) is 0 Å². The van der Waals surface area contributed by atoms with Gasteiger partial charge in [0, 0.05) is 18.7 Å². The molecule has 0 spiro atoms. The van der Waals surface area contributed by atoms with Crippen molar-refractivity contribution in [2.75, 3.05) is 11.9 Å². The molecule has 1 rings (SSSR count). The van der Waals surface area contributed by atoms with E-state index >= 15 is 0 Å². The van der Waals surface area contributed by atoms with Crippen molar-refractivity contribution >= 4 is 17.5 Å². The standard InChI is InChI=1S/C12H14F2N2O3/c1-7(4-5-17)15-11(18)12(19)16-10-3-2-8(13)6-9(10)14/h2-3,6-7,17H,4-5H2,1H3,(H,15,18)(H,16,19)/t7-/m1/s1. The first-order valence-corrected chi connectivity index (χ1v) is 5.61. The van der Waals surface area contributed by atoms with Crippen molar-refractivity contribution in [2.24, 2.45) is 0 Å². The second kappa shape index (κ2) is 6.79. The Hall–Kier alpha value is -2.02. The van der Waals surface area contributed by atoms with E-state index in [0.29, 0.717) is 12.5 Å². The molecule has 0 aliphatic carbocycles. The summed E-state index contributed by atoms with van der Waals surface area (Å²) in [6, 6.07) is 2.20. The van der Waals surface area contributed by atoms with Crippen LogP contribution in [-0.2, 0) is 9.59 Å². The lowest BCUT2D eigenvalue weighted by atomic mass is 10.2. The molecule has 2 amide bonds. The molecule has 7 heteroatoms. The van der Waals surface area contributed by atoms with Crippen LogP contribution in [0.1, 0.15) is 13.3 Å². The molecule has 0 saturated heterocycles. The highest BCUT2D eigenvalue weighted by Gasteiger charge is 2.17. The fourth-order valence-electron chi connectivity index (χ4n) is 1.33. The summed E-state index contributed by atoms with van der Waals surface area (Å²) < 4.78 is 25.9. The third kappa shape index (κ3) is 4.63. The third-order valence-corrected chi connectivity index (χ3v) is 2.33. The van der Waals surface area contributed by atoms with Crippen molar-refractivity contribution < 1.29 is 23.5 Å². The molecule has 0 aliphatic heterocycles. The number of carbonyl (C=O) groups excluding carboxylic acids is 2. The Kier molecular flexibility index (Phi) is 5.37. The van der Waals surface area contributed by atoms with E-state index < -0.39 is 23.4 Å². The quantitative estimate of drug-likeness (QED) is 0.709. The number of aliphatic hydroxyl groups excluding tert-OH is 1. The van der Waals surface area contributed by atoms with Crippen LogP contribution in [0.15, 0.2) is 18.2 Å². The first-order valence-electron chi connectivity index (χ1n) is 5.61. The molecule has 1 aromatic carbocycles. The Morgan fingerprint density at radius 3 is 2.58 bits per heavy atom. The summed E-state index contributed by atoms with van der Waals surface area (Å²) in [4.78, 5) is 22.9. The van der Waals surface area contributed by atoms with E-state index in [1.54, 1.807) is 6.92 Å². The maximum Gasteiger partial charge on any atom is 0.313 e. The maximum atomic E-state index is 13.2. The van der Waals surface area contributed by atoms with Crippen molar-refractivity contribution in [3.63, 3.8) is 0 Å². The lowest BCUT2D eigenvalue weighted by Gasteiger charge is -2.12. The van der Waals surface area contributed by atoms with Gasteiger partial charge in [0.25, 0.3) is 0 Å². The van der Waals surface area contributed by atoms with Crippen LogP contribution in [0.4, 0.5) is 14.5 Å². The Bertz CT molecular complexity index is 480. The maximum absolute atomic E-state index is 13.2. The summed E-state index contributed by atoms with van der Waals surface area (Å²) in [5, 5.41) is 13.0. The molecule has 104 valence electrons. The largest absolute Gasteiger partial charge is 0.396 e. The van der Waals surface area contributed by atoms with Crippen molar-refractivity contribution in [2.45, 2.75) is 19.4 Å². The van der Waals surface area contributed by atoms with Gasteiger partial charge >= 0.3 is 11.8 Å². The number of hydrogen-bond acceptors (Lipinski definition) is 3. The Morgan fingerprint density at radius 1 is 1.32 bits per heavy atom. The Balaban J connectivity index is 2.61. The lowest BCUT2D eigenvalue weighted by molar-refractivity contribution is -0.136. The molecule has 0 bridgehead atoms. The van der Waals surface area contributed by atoms with Gasteiger partial charge in [0.1, 0.15) is 11.6 Å². The summed E-state index contributed by atoms with van der Waals surface area (Å²) >= 11 is 0. The zero-order valence-electron chi connectivity index (χ0n) is 10.2. The van der Waals surface area contributed by atoms with E-state index in [0.717, 1.165) is 12.1 Å². The van der Waals surface area contributed by atoms with Gasteiger partial charge in [-0.3, -0.25) is 9.59 Å². The van der Waals surface area contributed by atoms with Gasteiger partial charge < -0.3 is 15.7 Å². The van der Waals surface area contributed by atoms with Gasteiger partial charge in [-0.05, 0) is 25.5 Å². The van der Waals surface area contributed by atoms with Crippen LogP contribution in [0, 0.1) is 11.6 Å². The molecule has 3 N–H and O–H groups in total. The molecule has 0 aromatic heterocycles. The average molecular weight is 272 g/mol. The fourth-order valence-corrected chi connectivity index (χ4v) is 1.33. The van der Waals surface area contributed by atoms with Crippen LogP contribution in [0.2, 0.25) is 0 Å². The third-order valence-electron chi connectivity index (χ3n) is 2.33. The van der Waals surface area contributed by atoms with Crippen LogP contribution in [0.3, 0.4) is 0 Å². The minimum absolute atomic E-state index is 0.129. The SMILES string of the molecule is C[C@H](CCO)NC(=O)C(=O)Nc1ccc(F)cc1F. The molecule has 19 heavy (non-hydrogen) atoms. The molecule has 0 heterocycles. The zero-order chi connectivity index (χ0) is 14.4. The first kappa shape index (κ1) is 15.0. The minimum atomic E-state index is -1.06. The number of hydrogen-bond donors (Lipinski definition) is 3. The van der Waals surface area contributed by atoms with E-state index in [1.165, 1.54) is 0 Å². The smallest absolute Gasteiger partial charge is 0.313 e. The predicted octanol–water partition coefficient (Wildman–Crippen LogP) is 0.790. The predicted molar refractivity (Wildman–Crippen MR) is 64.3 cm³/mol. The molecular formula is C12H14F2N2O3. The van der Waals surface area contributed by atoms with Gasteiger partial charge in [-0.25, -0.2) is 8.78 Å². The van der Waals surface area contributed by atoms with Gasteiger partial charge in [0.2, 0.25) is 0 Å². The average Bonchev–Trinajstić information content (AvgIpc) is 2.32. The molecule has 0 fully saturated rings. The monoisotopic (exact) mass is 272 g/mol. The molecule has 0 radical (unpaired) electrons. The highest BCUT2D eigenvalue weighted by atomic mass is 19.1. The summed E-state index contributed by atoms with van der Waals surface area (Å²) in [6.45, 7) is 1.48. The number of aliphatic hydroxyl groups is 1. The summed E-state index contributed by atoms with van der Waals surface area (Å²) in [5.74, 6) is -3.76. The molecule has 1 aromatic rings. The summed E-state index contributed by atoms with van der Waals surface area (Å²) in [5.41, 5.74) is -0.281. The zero-order valence-corrected chi connectivity index (χ0v) is 10.2. The van der Waals surface area contributed by atoms with Crippen LogP contribution < -0.4 is 10.6 Å². The number of rotatable bonds is 4. The normalized spacial score (nSPS) is 11.8. The van der Waals surface area contributed by atoms with Gasteiger partial charge in [0.05, 0.1) is 5.69 Å². The number of amides is 2. The van der Waals surface area contributed by atoms with E-state index in [9.17, 15) is 18.4 Å². The second-order valence-corrected chi connectivity index (χ2v) is 3.97. The number of carbonyl (C=O) groups is 2. The van der Waals surface area contributed by atoms with Crippen molar-refractivity contribution in [1.29, 1.82) is 0 Å². The van der Waals surface area contributed by atoms with Crippen LogP contribution in [0.5, 0.6) is 0 Å². The van der Waals surface area contributed by atoms with Crippen LogP contribution in [0.25, 0.3) is 0 Å². The number of halogens is 2. The summed E-state index contributed by atoms with van der Waals surface area (Å²) in [6.07, 6.45) is 0.296. The highest BCUT2D eigenvalue weighted by molar-refractivity contribution is 6.39. The Morgan fingerprint density at radius 2 is 2.00 bits per heavy atom. The summed E-state index contributed by atoms with van der Waals surface area (Å²) in [7, 11) is 0. The van der Waals surface area contributed by atoms with E-state index in [2.05, 4.69) is 5.32 Å². The van der Waals surface area contributed by atoms with E-state index in [4.69, 9.17) is 5.11 Å². The molecule has 0 saturated carbocycles. The van der Waals surface area contributed by atoms with E-state index in [-0.39, 0.29) is 18.3 Å². The van der Waals surface area contributed by atoms with Crippen molar-refractivity contribution in [1.82, 2.24) is 5.32 Å². The molecule has 5 nitrogen and oxygen atoms in total. The minimum Gasteiger partial charge on any atom is -0.396 e. The molecule has 0 aliphatic rings. The molecule has 1 atom stereocenters. The van der Waals surface area contributed by atoms with Gasteiger partial charge in [0.15, 0.2) is 0 Å². The molecule has 0 unspecified atom stereocenters. The number of nitrogens with one attached hydrogen (secondary N) is 2. The van der Waals surface area contributed by atoms with Gasteiger partial charge in [-0.1, -0.05) is 0 Å². The molecular weight excluding hydrogens is 258 g/mol. The van der Waals surface area contributed by atoms with E-state index in [1.807, 2.05) is 5.32 Å². The Labute approximate surface area is 108 Å².